The molecule has 0 aliphatic carbocycles. The Balaban J connectivity index is 1.53. The first-order chi connectivity index (χ1) is 20.0. The number of anilines is 2. The van der Waals surface area contributed by atoms with Crippen LogP contribution in [0.5, 0.6) is 0 Å². The van der Waals surface area contributed by atoms with Gasteiger partial charge < -0.3 is 16.0 Å². The summed E-state index contributed by atoms with van der Waals surface area (Å²) in [5.41, 5.74) is 5.87. The lowest BCUT2D eigenvalue weighted by atomic mass is 10.0. The summed E-state index contributed by atoms with van der Waals surface area (Å²) in [5.74, 6) is 5.42. The number of carbonyl (C=O) groups excluding carboxylic acids is 1. The molecule has 0 saturated carbocycles. The molecule has 1 aliphatic rings. The van der Waals surface area contributed by atoms with E-state index in [0.29, 0.717) is 25.5 Å². The lowest BCUT2D eigenvalue weighted by molar-refractivity contribution is -0.571. The Morgan fingerprint density at radius 3 is 2.60 bits per heavy atom. The molecule has 6 N–H and O–H groups in total. The minimum Gasteiger partial charge on any atom is -0.383 e. The number of alkyl halides is 3. The van der Waals surface area contributed by atoms with Gasteiger partial charge in [0, 0.05) is 49.5 Å². The Hall–Kier alpha value is -4.02. The molecule has 0 radical (unpaired) electrons. The van der Waals surface area contributed by atoms with Gasteiger partial charge in [-0.15, -0.1) is 0 Å². The average molecular weight is 600 g/mol. The van der Waals surface area contributed by atoms with Crippen molar-refractivity contribution in [2.75, 3.05) is 50.8 Å². The number of hydrogen-bond acceptors (Lipinski definition) is 7. The van der Waals surface area contributed by atoms with Crippen LogP contribution in [0.25, 0.3) is 0 Å². The van der Waals surface area contributed by atoms with Crippen molar-refractivity contribution in [1.82, 2.24) is 19.8 Å². The number of aromatic nitrogens is 2. The predicted octanol–water partition coefficient (Wildman–Crippen LogP) is 3.37. The summed E-state index contributed by atoms with van der Waals surface area (Å²) in [5, 5.41) is 13.0. The zero-order valence-corrected chi connectivity index (χ0v) is 23.9. The molecule has 1 amide bonds. The second kappa shape index (κ2) is 13.3. The van der Waals surface area contributed by atoms with Crippen molar-refractivity contribution >= 4 is 40.5 Å². The molecule has 13 heteroatoms. The molecule has 0 atom stereocenters. The van der Waals surface area contributed by atoms with Crippen molar-refractivity contribution in [1.29, 1.82) is 5.41 Å². The Labute approximate surface area is 246 Å². The Morgan fingerprint density at radius 2 is 1.90 bits per heavy atom. The van der Waals surface area contributed by atoms with Gasteiger partial charge >= 0.3 is 6.18 Å². The van der Waals surface area contributed by atoms with Gasteiger partial charge in [0.2, 0.25) is 5.82 Å². The second-order valence-corrected chi connectivity index (χ2v) is 10.3. The van der Waals surface area contributed by atoms with Crippen LogP contribution in [-0.2, 0) is 12.7 Å². The summed E-state index contributed by atoms with van der Waals surface area (Å²) in [4.78, 5) is 25.2. The van der Waals surface area contributed by atoms with Crippen molar-refractivity contribution in [3.63, 3.8) is 0 Å². The third-order valence-corrected chi connectivity index (χ3v) is 7.10. The van der Waals surface area contributed by atoms with Gasteiger partial charge in [-0.1, -0.05) is 23.6 Å². The maximum absolute atomic E-state index is 14.0. The highest BCUT2D eigenvalue weighted by Crippen LogP contribution is 2.35. The van der Waals surface area contributed by atoms with E-state index < -0.39 is 17.6 Å². The Kier molecular flexibility index (Phi) is 9.80. The normalized spacial score (nSPS) is 14.2. The Bertz CT molecular complexity index is 1540. The molecule has 2 heterocycles. The standard InChI is InChI=1S/C29H30ClF3N8O/c1-3-36-27-25(26(35)37-17-38-27)24(34)9-6-18-14-19(5-8-23(18)30)28(42)39-21-7-4-20(22(15-21)29(31,32)33)16-41-12-10-40(2)11-13-41/h4-5,7-8,14-15,17,34H,3,10-13,16H2,1-2H3,(H,39,42)(H3,35,36,37,38)/p+1. The van der Waals surface area contributed by atoms with E-state index >= 15 is 0 Å². The van der Waals surface area contributed by atoms with Crippen molar-refractivity contribution in [3.8, 4) is 11.8 Å². The maximum Gasteiger partial charge on any atom is 0.416 e. The molecule has 0 bridgehead atoms. The first-order valence-electron chi connectivity index (χ1n) is 13.2. The highest BCUT2D eigenvalue weighted by atomic mass is 35.5. The van der Waals surface area contributed by atoms with Crippen LogP contribution < -0.4 is 16.4 Å². The zero-order chi connectivity index (χ0) is 30.4. The fourth-order valence-corrected chi connectivity index (χ4v) is 4.64. The van der Waals surface area contributed by atoms with E-state index in [2.05, 4.69) is 32.0 Å². The summed E-state index contributed by atoms with van der Waals surface area (Å²) in [7, 11) is 1.98. The van der Waals surface area contributed by atoms with Gasteiger partial charge in [0.05, 0.1) is 17.1 Å². The number of carbonyl (C=O) groups is 1. The molecule has 2 aromatic carbocycles. The van der Waals surface area contributed by atoms with Crippen molar-refractivity contribution in [3.05, 3.63) is 75.6 Å². The van der Waals surface area contributed by atoms with Gasteiger partial charge in [-0.05, 0) is 55.8 Å². The molecule has 4 rings (SSSR count). The number of rotatable bonds is 7. The molecule has 42 heavy (non-hydrogen) atoms. The molecule has 1 aromatic heterocycles. The number of nitrogens with two attached hydrogens (primary N) is 2. The summed E-state index contributed by atoms with van der Waals surface area (Å²) >= 11 is 6.29. The molecular formula is C29H31ClF3N8O+. The van der Waals surface area contributed by atoms with Crippen LogP contribution in [0.2, 0.25) is 5.02 Å². The molecule has 1 fully saturated rings. The number of amides is 1. The molecule has 1 saturated heterocycles. The van der Waals surface area contributed by atoms with Gasteiger partial charge in [0.15, 0.2) is 0 Å². The molecule has 3 aromatic rings. The summed E-state index contributed by atoms with van der Waals surface area (Å²) in [6.45, 7) is 5.69. The number of benzene rings is 2. The number of hydrogen-bond donors (Lipinski definition) is 4. The summed E-state index contributed by atoms with van der Waals surface area (Å²) in [6, 6.07) is 8.14. The molecule has 1 aliphatic heterocycles. The third-order valence-electron chi connectivity index (χ3n) is 6.77. The van der Waals surface area contributed by atoms with Crippen LogP contribution in [0.3, 0.4) is 0 Å². The van der Waals surface area contributed by atoms with Crippen molar-refractivity contribution in [2.45, 2.75) is 19.6 Å². The van der Waals surface area contributed by atoms with E-state index in [1.165, 1.54) is 36.7 Å². The van der Waals surface area contributed by atoms with Gasteiger partial charge in [-0.2, -0.15) is 18.2 Å². The lowest BCUT2D eigenvalue weighted by Gasteiger charge is -2.33. The zero-order valence-electron chi connectivity index (χ0n) is 23.1. The van der Waals surface area contributed by atoms with Gasteiger partial charge in [0.1, 0.15) is 23.4 Å². The fourth-order valence-electron chi connectivity index (χ4n) is 4.48. The molecular weight excluding hydrogens is 569 g/mol. The fraction of sp³-hybridized carbons (Fsp3) is 0.310. The largest absolute Gasteiger partial charge is 0.416 e. The van der Waals surface area contributed by atoms with Crippen molar-refractivity contribution < 1.29 is 23.3 Å². The third kappa shape index (κ3) is 7.63. The Morgan fingerprint density at radius 1 is 1.17 bits per heavy atom. The quantitative estimate of drug-likeness (QED) is 0.244. The second-order valence-electron chi connectivity index (χ2n) is 9.85. The van der Waals surface area contributed by atoms with Gasteiger partial charge in [0.25, 0.3) is 5.91 Å². The summed E-state index contributed by atoms with van der Waals surface area (Å²) in [6.07, 6.45) is -3.28. The van der Waals surface area contributed by atoms with E-state index in [-0.39, 0.29) is 51.0 Å². The average Bonchev–Trinajstić information content (AvgIpc) is 2.94. The molecule has 9 nitrogen and oxygen atoms in total. The molecule has 0 spiro atoms. The van der Waals surface area contributed by atoms with Gasteiger partial charge in [-0.25, -0.2) is 4.98 Å². The van der Waals surface area contributed by atoms with Crippen LogP contribution in [0.4, 0.5) is 30.5 Å². The summed E-state index contributed by atoms with van der Waals surface area (Å²) < 4.78 is 41.9. The SMILES string of the molecule is CC[NH2+]c1ncnc(N)c1C(=N)C#Cc1cc(C(=O)Nc2ccc(CN3CCN(C)CC3)c(C(F)(F)F)c2)ccc1Cl. The monoisotopic (exact) mass is 599 g/mol. The number of quaternary nitrogens is 1. The van der Waals surface area contributed by atoms with E-state index in [4.69, 9.17) is 22.7 Å². The first-order valence-corrected chi connectivity index (χ1v) is 13.6. The smallest absolute Gasteiger partial charge is 0.383 e. The topological polar surface area (TPSA) is 128 Å². The van der Waals surface area contributed by atoms with Crippen molar-refractivity contribution in [2.24, 2.45) is 0 Å². The predicted molar refractivity (Wildman–Crippen MR) is 156 cm³/mol. The van der Waals surface area contributed by atoms with Crippen LogP contribution in [0.1, 0.15) is 39.5 Å². The number of piperazine rings is 1. The number of halogens is 4. The number of nitrogens with zero attached hydrogens (tertiary/aromatic N) is 4. The number of nitrogens with one attached hydrogen (secondary N) is 2. The highest BCUT2D eigenvalue weighted by Gasteiger charge is 2.34. The van der Waals surface area contributed by atoms with Crippen LogP contribution >= 0.6 is 11.6 Å². The highest BCUT2D eigenvalue weighted by molar-refractivity contribution is 6.32. The minimum atomic E-state index is -4.59. The number of nitrogen functional groups attached to an aromatic ring is 1. The first kappa shape index (κ1) is 30.9. The maximum atomic E-state index is 14.0. The van der Waals surface area contributed by atoms with Crippen LogP contribution in [-0.4, -0.2) is 71.2 Å². The van der Waals surface area contributed by atoms with E-state index in [9.17, 15) is 18.0 Å². The molecule has 220 valence electrons. The van der Waals surface area contributed by atoms with E-state index in [1.54, 1.807) is 5.32 Å². The minimum absolute atomic E-state index is 0.0121. The number of likely N-dealkylation sites (N-methyl/N-ethyl adjacent to an activating group) is 1. The van der Waals surface area contributed by atoms with E-state index in [0.717, 1.165) is 19.2 Å². The lowest BCUT2D eigenvalue weighted by Crippen LogP contribution is -2.78. The van der Waals surface area contributed by atoms with Crippen LogP contribution in [0, 0.1) is 17.3 Å². The molecule has 0 unspecified atom stereocenters. The van der Waals surface area contributed by atoms with E-state index in [1.807, 2.05) is 18.9 Å². The van der Waals surface area contributed by atoms with Gasteiger partial charge in [-0.3, -0.25) is 20.4 Å². The van der Waals surface area contributed by atoms with Crippen LogP contribution in [0.15, 0.2) is 42.7 Å².